The summed E-state index contributed by atoms with van der Waals surface area (Å²) in [7, 11) is 1.88. The first-order valence-electron chi connectivity index (χ1n) is 8.54. The molecule has 126 valence electrons. The zero-order chi connectivity index (χ0) is 16.6. The molecular weight excluding hydrogens is 302 g/mol. The van der Waals surface area contributed by atoms with Gasteiger partial charge < -0.3 is 15.5 Å². The summed E-state index contributed by atoms with van der Waals surface area (Å²) in [6.45, 7) is 3.27. The highest BCUT2D eigenvalue weighted by molar-refractivity contribution is 5.95. The van der Waals surface area contributed by atoms with Gasteiger partial charge in [0.2, 0.25) is 0 Å². The van der Waals surface area contributed by atoms with Gasteiger partial charge in [-0.05, 0) is 50.1 Å². The first-order valence-corrected chi connectivity index (χ1v) is 8.54. The highest BCUT2D eigenvalue weighted by atomic mass is 16.1. The van der Waals surface area contributed by atoms with E-state index in [0.717, 1.165) is 37.4 Å². The molecule has 0 aliphatic carbocycles. The molecule has 6 nitrogen and oxygen atoms in total. The quantitative estimate of drug-likeness (QED) is 0.904. The first kappa shape index (κ1) is 15.2. The topological polar surface area (TPSA) is 62.2 Å². The molecule has 4 rings (SSSR count). The molecule has 0 spiro atoms. The molecule has 2 N–H and O–H groups in total. The number of piperidine rings is 1. The van der Waals surface area contributed by atoms with Gasteiger partial charge in [0.05, 0.1) is 5.54 Å². The maximum atomic E-state index is 12.6. The highest BCUT2D eigenvalue weighted by Gasteiger charge is 2.41. The third-order valence-corrected chi connectivity index (χ3v) is 5.07. The molecule has 2 bridgehead atoms. The first-order chi connectivity index (χ1) is 11.6. The number of benzene rings is 1. The predicted octanol–water partition coefficient (Wildman–Crippen LogP) is 2.13. The van der Waals surface area contributed by atoms with E-state index >= 15 is 0 Å². The Morgan fingerprint density at radius 3 is 2.75 bits per heavy atom. The molecule has 24 heavy (non-hydrogen) atoms. The molecule has 1 aromatic heterocycles. The number of carbonyl (C=O) groups is 1. The molecule has 6 heteroatoms. The minimum absolute atomic E-state index is 0.0137. The number of amides is 1. The van der Waals surface area contributed by atoms with Crippen molar-refractivity contribution >= 4 is 17.4 Å². The molecule has 0 radical (unpaired) electrons. The number of anilines is 2. The Kier molecular flexibility index (Phi) is 3.76. The van der Waals surface area contributed by atoms with Crippen molar-refractivity contribution in [3.05, 3.63) is 42.1 Å². The fraction of sp³-hybridized carbons (Fsp3) is 0.444. The van der Waals surface area contributed by atoms with Gasteiger partial charge in [-0.2, -0.15) is 5.10 Å². The van der Waals surface area contributed by atoms with E-state index in [2.05, 4.69) is 20.6 Å². The Bertz CT molecular complexity index is 734. The van der Waals surface area contributed by atoms with E-state index in [1.807, 2.05) is 43.6 Å². The van der Waals surface area contributed by atoms with E-state index in [0.29, 0.717) is 5.56 Å². The molecule has 2 aliphatic heterocycles. The Labute approximate surface area is 141 Å². The number of fused-ring (bicyclic) bond motifs is 2. The van der Waals surface area contributed by atoms with Crippen LogP contribution in [0.25, 0.3) is 0 Å². The van der Waals surface area contributed by atoms with Crippen molar-refractivity contribution in [3.8, 4) is 0 Å². The summed E-state index contributed by atoms with van der Waals surface area (Å²) in [5.74, 6) is 0.824. The Morgan fingerprint density at radius 1 is 1.17 bits per heavy atom. The van der Waals surface area contributed by atoms with Gasteiger partial charge in [0.25, 0.3) is 5.91 Å². The lowest BCUT2D eigenvalue weighted by Gasteiger charge is -2.34. The van der Waals surface area contributed by atoms with Gasteiger partial charge in [-0.15, -0.1) is 0 Å². The van der Waals surface area contributed by atoms with Crippen LogP contribution < -0.4 is 10.6 Å². The maximum Gasteiger partial charge on any atom is 0.251 e. The number of hydrogen-bond acceptors (Lipinski definition) is 4. The summed E-state index contributed by atoms with van der Waals surface area (Å²) in [6.07, 6.45) is 5.22. The smallest absolute Gasteiger partial charge is 0.251 e. The van der Waals surface area contributed by atoms with E-state index in [1.165, 1.54) is 13.0 Å². The van der Waals surface area contributed by atoms with Crippen LogP contribution in [0.4, 0.5) is 11.5 Å². The molecule has 0 saturated carbocycles. The third-order valence-electron chi connectivity index (χ3n) is 5.07. The number of nitrogens with zero attached hydrogens (tertiary/aromatic N) is 3. The number of rotatable bonds is 4. The predicted molar refractivity (Wildman–Crippen MR) is 93.4 cm³/mol. The average molecular weight is 325 g/mol. The summed E-state index contributed by atoms with van der Waals surface area (Å²) < 4.78 is 1.75. The Morgan fingerprint density at radius 2 is 2.00 bits per heavy atom. The summed E-state index contributed by atoms with van der Waals surface area (Å²) in [6, 6.07) is 9.49. The van der Waals surface area contributed by atoms with Gasteiger partial charge in [-0.1, -0.05) is 0 Å². The second-order valence-corrected chi connectivity index (χ2v) is 6.94. The van der Waals surface area contributed by atoms with Crippen molar-refractivity contribution in [3.63, 3.8) is 0 Å². The summed E-state index contributed by atoms with van der Waals surface area (Å²) in [4.78, 5) is 15.1. The van der Waals surface area contributed by atoms with Gasteiger partial charge in [0.15, 0.2) is 5.82 Å². The molecule has 1 aromatic carbocycles. The zero-order valence-electron chi connectivity index (χ0n) is 14.0. The van der Waals surface area contributed by atoms with Crippen LogP contribution in [0.1, 0.15) is 29.6 Å². The highest BCUT2D eigenvalue weighted by Crippen LogP contribution is 2.31. The SMILES string of the molecule is Cn1ccc(Nc2ccc(C(=O)NC34CCCN(CC3)C4)cc2)n1. The lowest BCUT2D eigenvalue weighted by atomic mass is 9.90. The second-order valence-electron chi connectivity index (χ2n) is 6.94. The van der Waals surface area contributed by atoms with E-state index in [4.69, 9.17) is 0 Å². The zero-order valence-corrected chi connectivity index (χ0v) is 14.0. The fourth-order valence-electron chi connectivity index (χ4n) is 3.81. The van der Waals surface area contributed by atoms with Crippen molar-refractivity contribution in [2.75, 3.05) is 25.0 Å². The van der Waals surface area contributed by atoms with Crippen molar-refractivity contribution in [1.82, 2.24) is 20.0 Å². The molecule has 1 amide bonds. The van der Waals surface area contributed by atoms with E-state index in [9.17, 15) is 4.79 Å². The summed E-state index contributed by atoms with van der Waals surface area (Å²) >= 11 is 0. The molecule has 2 aromatic rings. The van der Waals surface area contributed by atoms with Gasteiger partial charge in [-0.25, -0.2) is 0 Å². The largest absolute Gasteiger partial charge is 0.345 e. The molecule has 3 heterocycles. The molecule has 2 aliphatic rings. The van der Waals surface area contributed by atoms with Crippen LogP contribution in [-0.4, -0.2) is 45.8 Å². The summed E-state index contributed by atoms with van der Waals surface area (Å²) in [5, 5.41) is 10.8. The lowest BCUT2D eigenvalue weighted by Crippen LogP contribution is -2.52. The molecule has 2 saturated heterocycles. The molecular formula is C18H23N5O. The number of aromatic nitrogens is 2. The number of nitrogens with one attached hydrogen (secondary N) is 2. The van der Waals surface area contributed by atoms with Crippen LogP contribution in [0.15, 0.2) is 36.5 Å². The minimum atomic E-state index is -0.0137. The van der Waals surface area contributed by atoms with E-state index in [1.54, 1.807) is 4.68 Å². The number of aryl methyl sites for hydroxylation is 1. The van der Waals surface area contributed by atoms with Gasteiger partial charge in [0, 0.05) is 43.7 Å². The Balaban J connectivity index is 1.41. The van der Waals surface area contributed by atoms with Crippen LogP contribution in [0, 0.1) is 0 Å². The van der Waals surface area contributed by atoms with Crippen LogP contribution in [0.2, 0.25) is 0 Å². The van der Waals surface area contributed by atoms with E-state index < -0.39 is 0 Å². The minimum Gasteiger partial charge on any atom is -0.345 e. The van der Waals surface area contributed by atoms with Crippen LogP contribution in [0.3, 0.4) is 0 Å². The van der Waals surface area contributed by atoms with Gasteiger partial charge >= 0.3 is 0 Å². The van der Waals surface area contributed by atoms with Gasteiger partial charge in [-0.3, -0.25) is 9.48 Å². The number of carbonyl (C=O) groups excluding carboxylic acids is 1. The monoisotopic (exact) mass is 325 g/mol. The maximum absolute atomic E-state index is 12.6. The second kappa shape index (κ2) is 5.94. The average Bonchev–Trinajstić information content (AvgIpc) is 3.11. The normalized spacial score (nSPS) is 25.5. The fourth-order valence-corrected chi connectivity index (χ4v) is 3.81. The van der Waals surface area contributed by atoms with Crippen molar-refractivity contribution in [2.45, 2.75) is 24.8 Å². The van der Waals surface area contributed by atoms with Crippen LogP contribution in [0.5, 0.6) is 0 Å². The van der Waals surface area contributed by atoms with Crippen LogP contribution in [-0.2, 0) is 7.05 Å². The van der Waals surface area contributed by atoms with Gasteiger partial charge in [0.1, 0.15) is 0 Å². The molecule has 2 unspecified atom stereocenters. The lowest BCUT2D eigenvalue weighted by molar-refractivity contribution is 0.0877. The van der Waals surface area contributed by atoms with Crippen molar-refractivity contribution in [2.24, 2.45) is 7.05 Å². The Hall–Kier alpha value is -2.34. The number of hydrogen-bond donors (Lipinski definition) is 2. The van der Waals surface area contributed by atoms with E-state index in [-0.39, 0.29) is 11.4 Å². The standard InChI is InChI=1S/C18H23N5O/c1-22-11-7-16(21-22)19-15-5-3-14(4-6-15)17(24)20-18-8-2-10-23(13-18)12-9-18/h3-7,11H,2,8-10,12-13H2,1H3,(H,19,21)(H,20,24). The molecule has 2 fully saturated rings. The van der Waals surface area contributed by atoms with Crippen LogP contribution >= 0.6 is 0 Å². The van der Waals surface area contributed by atoms with Crippen molar-refractivity contribution < 1.29 is 4.79 Å². The van der Waals surface area contributed by atoms with Crippen molar-refractivity contribution in [1.29, 1.82) is 0 Å². The third kappa shape index (κ3) is 3.01. The molecule has 2 atom stereocenters. The summed E-state index contributed by atoms with van der Waals surface area (Å²) in [5.41, 5.74) is 1.62.